The smallest absolute Gasteiger partial charge is 0.283 e. The summed E-state index contributed by atoms with van der Waals surface area (Å²) in [6.07, 6.45) is 4.61. The van der Waals surface area contributed by atoms with E-state index >= 15 is 0 Å². The van der Waals surface area contributed by atoms with Gasteiger partial charge in [0, 0.05) is 10.5 Å². The molecule has 32 heavy (non-hydrogen) atoms. The fourth-order valence-electron chi connectivity index (χ4n) is 6.04. The van der Waals surface area contributed by atoms with Crippen LogP contribution in [0.2, 0.25) is 0 Å². The second-order valence-electron chi connectivity index (χ2n) is 9.91. The highest BCUT2D eigenvalue weighted by molar-refractivity contribution is 9.10. The average molecular weight is 493 g/mol. The molecule has 0 radical (unpaired) electrons. The summed E-state index contributed by atoms with van der Waals surface area (Å²) >= 11 is 3.58. The molecule has 2 atom stereocenters. The Hall–Kier alpha value is -2.18. The van der Waals surface area contributed by atoms with Gasteiger partial charge < -0.3 is 9.88 Å². The van der Waals surface area contributed by atoms with Gasteiger partial charge in [-0.3, -0.25) is 9.20 Å². The highest BCUT2D eigenvalue weighted by Gasteiger charge is 2.32. The summed E-state index contributed by atoms with van der Waals surface area (Å²) in [6.45, 7) is 6.87. The molecule has 1 aliphatic carbocycles. The van der Waals surface area contributed by atoms with Gasteiger partial charge in [-0.25, -0.2) is 0 Å². The third-order valence-corrected chi connectivity index (χ3v) is 8.66. The topological polar surface area (TPSA) is 51.3 Å². The van der Waals surface area contributed by atoms with Crippen molar-refractivity contribution < 1.29 is 0 Å². The van der Waals surface area contributed by atoms with Gasteiger partial charge in [0.2, 0.25) is 5.78 Å². The van der Waals surface area contributed by atoms with Crippen LogP contribution in [0.1, 0.15) is 57.1 Å². The highest BCUT2D eigenvalue weighted by Crippen LogP contribution is 2.42. The van der Waals surface area contributed by atoms with Gasteiger partial charge in [-0.1, -0.05) is 26.0 Å². The molecule has 2 aromatic heterocycles. The van der Waals surface area contributed by atoms with E-state index in [1.54, 1.807) is 0 Å². The van der Waals surface area contributed by atoms with Gasteiger partial charge in [0.05, 0.1) is 21.9 Å². The Morgan fingerprint density at radius 3 is 2.50 bits per heavy atom. The van der Waals surface area contributed by atoms with Crippen molar-refractivity contribution in [2.75, 3.05) is 13.1 Å². The minimum atomic E-state index is -0.158. The number of benzene rings is 2. The van der Waals surface area contributed by atoms with Gasteiger partial charge >= 0.3 is 0 Å². The summed E-state index contributed by atoms with van der Waals surface area (Å²) in [5.41, 5.74) is 4.53. The Bertz CT molecular complexity index is 1390. The van der Waals surface area contributed by atoms with Crippen LogP contribution in [-0.4, -0.2) is 27.0 Å². The molecule has 1 saturated heterocycles. The number of nitrogens with one attached hydrogen (secondary N) is 1. The molecule has 1 aliphatic heterocycles. The van der Waals surface area contributed by atoms with E-state index < -0.39 is 0 Å². The van der Waals surface area contributed by atoms with E-state index in [1.165, 1.54) is 23.9 Å². The summed E-state index contributed by atoms with van der Waals surface area (Å²) in [4.78, 5) is 17.8. The van der Waals surface area contributed by atoms with E-state index in [0.29, 0.717) is 29.2 Å². The number of aromatic nitrogens is 3. The van der Waals surface area contributed by atoms with Crippen LogP contribution in [0.3, 0.4) is 0 Å². The number of imidazole rings is 1. The Morgan fingerprint density at radius 2 is 1.75 bits per heavy atom. The van der Waals surface area contributed by atoms with E-state index in [-0.39, 0.29) is 5.56 Å². The SMILES string of the molecule is C[C@H]1CC(n2c3cc(C4CCNCC4)ccc3n3c4cccc(Br)c4c(=O)nc23)C[C@@H]1C. The zero-order valence-electron chi connectivity index (χ0n) is 18.6. The van der Waals surface area contributed by atoms with Crippen molar-refractivity contribution >= 4 is 43.6 Å². The quantitative estimate of drug-likeness (QED) is 0.393. The minimum Gasteiger partial charge on any atom is -0.317 e. The van der Waals surface area contributed by atoms with E-state index in [1.807, 2.05) is 18.2 Å². The number of fused-ring (bicyclic) bond motifs is 5. The second-order valence-corrected chi connectivity index (χ2v) is 10.8. The van der Waals surface area contributed by atoms with Crippen molar-refractivity contribution in [3.05, 3.63) is 56.8 Å². The lowest BCUT2D eigenvalue weighted by molar-refractivity contribution is 0.457. The van der Waals surface area contributed by atoms with Crippen molar-refractivity contribution in [3.63, 3.8) is 0 Å². The Balaban J connectivity index is 1.69. The molecule has 5 nitrogen and oxygen atoms in total. The molecule has 2 aliphatic rings. The lowest BCUT2D eigenvalue weighted by atomic mass is 9.90. The van der Waals surface area contributed by atoms with Crippen LogP contribution >= 0.6 is 15.9 Å². The van der Waals surface area contributed by atoms with Crippen LogP contribution in [0.5, 0.6) is 0 Å². The summed E-state index contributed by atoms with van der Waals surface area (Å²) in [7, 11) is 0. The van der Waals surface area contributed by atoms with E-state index in [4.69, 9.17) is 0 Å². The number of hydrogen-bond acceptors (Lipinski definition) is 3. The van der Waals surface area contributed by atoms with Gasteiger partial charge in [-0.2, -0.15) is 4.98 Å². The van der Waals surface area contributed by atoms with Crippen LogP contribution in [0, 0.1) is 11.8 Å². The fourth-order valence-corrected chi connectivity index (χ4v) is 6.57. The number of nitrogens with zero attached hydrogens (tertiary/aromatic N) is 3. The third-order valence-electron chi connectivity index (χ3n) is 8.00. The lowest BCUT2D eigenvalue weighted by Gasteiger charge is -2.23. The largest absolute Gasteiger partial charge is 0.317 e. The van der Waals surface area contributed by atoms with Crippen molar-refractivity contribution in [2.45, 2.75) is 51.5 Å². The highest BCUT2D eigenvalue weighted by atomic mass is 79.9. The molecule has 166 valence electrons. The van der Waals surface area contributed by atoms with Crippen LogP contribution < -0.4 is 10.9 Å². The zero-order chi connectivity index (χ0) is 22.0. The van der Waals surface area contributed by atoms with Gasteiger partial charge in [0.25, 0.3) is 5.56 Å². The Kier molecular flexibility index (Phi) is 4.92. The van der Waals surface area contributed by atoms with E-state index in [0.717, 1.165) is 47.2 Å². The van der Waals surface area contributed by atoms with Crippen molar-refractivity contribution in [1.82, 2.24) is 19.3 Å². The maximum absolute atomic E-state index is 13.1. The van der Waals surface area contributed by atoms with Crippen LogP contribution in [0.4, 0.5) is 0 Å². The first kappa shape index (κ1) is 20.4. The maximum Gasteiger partial charge on any atom is 0.283 e. The molecule has 6 heteroatoms. The molecule has 2 aromatic carbocycles. The molecule has 2 fully saturated rings. The fraction of sp³-hybridized carbons (Fsp3) is 0.462. The molecule has 1 saturated carbocycles. The first-order valence-corrected chi connectivity index (χ1v) is 12.7. The first-order chi connectivity index (χ1) is 15.5. The average Bonchev–Trinajstić information content (AvgIpc) is 3.29. The number of rotatable bonds is 2. The van der Waals surface area contributed by atoms with E-state index in [9.17, 15) is 4.79 Å². The third kappa shape index (κ3) is 3.06. The summed E-state index contributed by atoms with van der Waals surface area (Å²) in [5.74, 6) is 2.72. The molecule has 0 amide bonds. The first-order valence-electron chi connectivity index (χ1n) is 11.9. The molecule has 1 N–H and O–H groups in total. The van der Waals surface area contributed by atoms with Crippen molar-refractivity contribution in [3.8, 4) is 0 Å². The Morgan fingerprint density at radius 1 is 1.00 bits per heavy atom. The summed E-state index contributed by atoms with van der Waals surface area (Å²) in [5, 5.41) is 4.13. The molecule has 0 unspecified atom stereocenters. The number of piperidine rings is 1. The number of halogens is 1. The second kappa shape index (κ2) is 7.70. The molecule has 4 aromatic rings. The minimum absolute atomic E-state index is 0.158. The van der Waals surface area contributed by atoms with Crippen LogP contribution in [0.25, 0.3) is 27.7 Å². The molecule has 0 bridgehead atoms. The normalized spacial score (nSPS) is 23.1. The summed E-state index contributed by atoms with van der Waals surface area (Å²) < 4.78 is 5.40. The summed E-state index contributed by atoms with van der Waals surface area (Å²) in [6, 6.07) is 13.3. The zero-order valence-corrected chi connectivity index (χ0v) is 20.2. The predicted octanol–water partition coefficient (Wildman–Crippen LogP) is 5.64. The predicted molar refractivity (Wildman–Crippen MR) is 134 cm³/mol. The molecule has 3 heterocycles. The lowest BCUT2D eigenvalue weighted by Crippen LogP contribution is -2.26. The van der Waals surface area contributed by atoms with Gasteiger partial charge in [-0.15, -0.1) is 0 Å². The van der Waals surface area contributed by atoms with Crippen LogP contribution in [-0.2, 0) is 0 Å². The van der Waals surface area contributed by atoms with Crippen molar-refractivity contribution in [1.29, 1.82) is 0 Å². The maximum atomic E-state index is 13.1. The van der Waals surface area contributed by atoms with E-state index in [2.05, 4.69) is 67.2 Å². The Labute approximate surface area is 196 Å². The van der Waals surface area contributed by atoms with Gasteiger partial charge in [0.15, 0.2) is 0 Å². The molecule has 6 rings (SSSR count). The van der Waals surface area contributed by atoms with Crippen LogP contribution in [0.15, 0.2) is 45.7 Å². The number of hydrogen-bond donors (Lipinski definition) is 1. The standard InChI is InChI=1S/C26H29BrN4O/c1-15-12-19(13-16(15)2)30-23-14-18(17-8-10-28-11-9-17)6-7-21(23)31-22-5-3-4-20(27)24(22)25(32)29-26(30)31/h3-7,14-17,19,28H,8-13H2,1-2H3/t15-,16-/m0/s1. The van der Waals surface area contributed by atoms with Gasteiger partial charge in [0.1, 0.15) is 0 Å². The molecule has 0 spiro atoms. The monoisotopic (exact) mass is 492 g/mol. The molecular formula is C26H29BrN4O. The van der Waals surface area contributed by atoms with Crippen molar-refractivity contribution in [2.24, 2.45) is 11.8 Å². The molecular weight excluding hydrogens is 464 g/mol. The van der Waals surface area contributed by atoms with Gasteiger partial charge in [-0.05, 0) is 102 Å².